The first-order valence-corrected chi connectivity index (χ1v) is 6.02. The maximum absolute atomic E-state index is 11.7. The Hall–Kier alpha value is -1.84. The summed E-state index contributed by atoms with van der Waals surface area (Å²) in [5.41, 5.74) is 1.66. The molecule has 0 aliphatic heterocycles. The Labute approximate surface area is 107 Å². The van der Waals surface area contributed by atoms with Crippen LogP contribution >= 0.6 is 0 Å². The summed E-state index contributed by atoms with van der Waals surface area (Å²) >= 11 is 0. The zero-order valence-electron chi connectivity index (χ0n) is 10.9. The molecule has 0 bridgehead atoms. The van der Waals surface area contributed by atoms with E-state index in [4.69, 9.17) is 5.11 Å². The van der Waals surface area contributed by atoms with E-state index in [1.54, 1.807) is 12.1 Å². The fraction of sp³-hybridized carbons (Fsp3) is 0.429. The molecule has 4 heteroatoms. The van der Waals surface area contributed by atoms with Gasteiger partial charge in [-0.15, -0.1) is 0 Å². The molecule has 0 saturated carbocycles. The molecule has 4 nitrogen and oxygen atoms in total. The Morgan fingerprint density at radius 3 is 2.17 bits per heavy atom. The van der Waals surface area contributed by atoms with Gasteiger partial charge in [-0.3, -0.25) is 9.59 Å². The van der Waals surface area contributed by atoms with Crippen molar-refractivity contribution in [1.29, 1.82) is 0 Å². The lowest BCUT2D eigenvalue weighted by Crippen LogP contribution is -2.38. The van der Waals surface area contributed by atoms with Crippen LogP contribution in [0.1, 0.15) is 36.7 Å². The van der Waals surface area contributed by atoms with Crippen LogP contribution in [-0.4, -0.2) is 23.0 Å². The molecular weight excluding hydrogens is 230 g/mol. The molecule has 2 N–H and O–H groups in total. The van der Waals surface area contributed by atoms with Crippen LogP contribution in [0.4, 0.5) is 0 Å². The third-order valence-electron chi connectivity index (χ3n) is 2.58. The Morgan fingerprint density at radius 2 is 1.72 bits per heavy atom. The van der Waals surface area contributed by atoms with Crippen molar-refractivity contribution >= 4 is 11.9 Å². The van der Waals surface area contributed by atoms with Gasteiger partial charge >= 0.3 is 5.97 Å². The molecule has 98 valence electrons. The second-order valence-corrected chi connectivity index (χ2v) is 4.83. The molecule has 0 unspecified atom stereocenters. The molecule has 1 rings (SSSR count). The highest BCUT2D eigenvalue weighted by atomic mass is 16.4. The predicted octanol–water partition coefficient (Wildman–Crippen LogP) is 2.09. The largest absolute Gasteiger partial charge is 0.480 e. The van der Waals surface area contributed by atoms with E-state index in [-0.39, 0.29) is 5.91 Å². The van der Waals surface area contributed by atoms with E-state index in [1.807, 2.05) is 12.1 Å². The predicted molar refractivity (Wildman–Crippen MR) is 69.5 cm³/mol. The fourth-order valence-electron chi connectivity index (χ4n) is 1.61. The SMILES string of the molecule is CC(C)Cc1ccc(C(=O)N[C@H](C)C(=O)O)cc1. The van der Waals surface area contributed by atoms with Crippen molar-refractivity contribution in [1.82, 2.24) is 5.32 Å². The summed E-state index contributed by atoms with van der Waals surface area (Å²) in [6.45, 7) is 5.71. The number of hydrogen-bond donors (Lipinski definition) is 2. The smallest absolute Gasteiger partial charge is 0.325 e. The van der Waals surface area contributed by atoms with Crippen molar-refractivity contribution in [2.24, 2.45) is 5.92 Å². The lowest BCUT2D eigenvalue weighted by atomic mass is 10.0. The van der Waals surface area contributed by atoms with E-state index in [2.05, 4.69) is 19.2 Å². The van der Waals surface area contributed by atoms with Crippen molar-refractivity contribution in [2.75, 3.05) is 0 Å². The van der Waals surface area contributed by atoms with Gasteiger partial charge in [-0.25, -0.2) is 0 Å². The molecule has 0 radical (unpaired) electrons. The third-order valence-corrected chi connectivity index (χ3v) is 2.58. The number of carboxylic acids is 1. The number of carboxylic acid groups (broad SMARTS) is 1. The van der Waals surface area contributed by atoms with E-state index >= 15 is 0 Å². The number of carbonyl (C=O) groups is 2. The van der Waals surface area contributed by atoms with Gasteiger partial charge in [-0.1, -0.05) is 26.0 Å². The monoisotopic (exact) mass is 249 g/mol. The lowest BCUT2D eigenvalue weighted by molar-refractivity contribution is -0.138. The van der Waals surface area contributed by atoms with Crippen LogP contribution < -0.4 is 5.32 Å². The Bertz CT molecular complexity index is 423. The van der Waals surface area contributed by atoms with Crippen molar-refractivity contribution in [2.45, 2.75) is 33.2 Å². The highest BCUT2D eigenvalue weighted by Gasteiger charge is 2.14. The number of amides is 1. The summed E-state index contributed by atoms with van der Waals surface area (Å²) in [4.78, 5) is 22.3. The topological polar surface area (TPSA) is 66.4 Å². The number of hydrogen-bond acceptors (Lipinski definition) is 2. The van der Waals surface area contributed by atoms with Crippen LogP contribution in [0.15, 0.2) is 24.3 Å². The highest BCUT2D eigenvalue weighted by Crippen LogP contribution is 2.09. The summed E-state index contributed by atoms with van der Waals surface area (Å²) in [5.74, 6) is -0.836. The molecule has 1 atom stereocenters. The van der Waals surface area contributed by atoms with Gasteiger partial charge in [0.25, 0.3) is 5.91 Å². The van der Waals surface area contributed by atoms with Gasteiger partial charge in [0.15, 0.2) is 0 Å². The van der Waals surface area contributed by atoms with Gasteiger partial charge in [0.1, 0.15) is 6.04 Å². The molecule has 0 aliphatic rings. The molecule has 1 aromatic rings. The minimum Gasteiger partial charge on any atom is -0.480 e. The average molecular weight is 249 g/mol. The molecule has 18 heavy (non-hydrogen) atoms. The number of carbonyl (C=O) groups excluding carboxylic acids is 1. The van der Waals surface area contributed by atoms with Crippen LogP contribution in [0, 0.1) is 5.92 Å². The first-order valence-electron chi connectivity index (χ1n) is 6.02. The first-order chi connectivity index (χ1) is 8.40. The van der Waals surface area contributed by atoms with Crippen LogP contribution in [0.25, 0.3) is 0 Å². The summed E-state index contributed by atoms with van der Waals surface area (Å²) in [5, 5.41) is 11.1. The normalized spacial score (nSPS) is 12.2. The second kappa shape index (κ2) is 6.19. The van der Waals surface area contributed by atoms with Gasteiger partial charge in [-0.2, -0.15) is 0 Å². The molecule has 1 aromatic carbocycles. The molecule has 0 aromatic heterocycles. The van der Waals surface area contributed by atoms with Crippen molar-refractivity contribution in [3.05, 3.63) is 35.4 Å². The Balaban J connectivity index is 2.67. The standard InChI is InChI=1S/C14H19NO3/c1-9(2)8-11-4-6-12(7-5-11)13(16)15-10(3)14(17)18/h4-7,9-10H,8H2,1-3H3,(H,15,16)(H,17,18)/t10-/m1/s1. The third kappa shape index (κ3) is 4.20. The Morgan fingerprint density at radius 1 is 1.17 bits per heavy atom. The molecule has 0 spiro atoms. The van der Waals surface area contributed by atoms with Gasteiger partial charge in [0.2, 0.25) is 0 Å². The van der Waals surface area contributed by atoms with Crippen LogP contribution in [0.5, 0.6) is 0 Å². The van der Waals surface area contributed by atoms with E-state index in [1.165, 1.54) is 12.5 Å². The first kappa shape index (κ1) is 14.2. The van der Waals surface area contributed by atoms with Gasteiger partial charge in [-0.05, 0) is 37.0 Å². The minimum absolute atomic E-state index is 0.360. The lowest BCUT2D eigenvalue weighted by Gasteiger charge is -2.10. The van der Waals surface area contributed by atoms with Crippen molar-refractivity contribution < 1.29 is 14.7 Å². The number of nitrogens with one attached hydrogen (secondary N) is 1. The van der Waals surface area contributed by atoms with Gasteiger partial charge in [0.05, 0.1) is 0 Å². The maximum Gasteiger partial charge on any atom is 0.325 e. The molecule has 0 aliphatic carbocycles. The van der Waals surface area contributed by atoms with Crippen molar-refractivity contribution in [3.8, 4) is 0 Å². The number of rotatable bonds is 5. The molecule has 0 heterocycles. The Kier molecular flexibility index (Phi) is 4.89. The van der Waals surface area contributed by atoms with Gasteiger partial charge < -0.3 is 10.4 Å². The number of aliphatic carboxylic acids is 1. The molecule has 0 saturated heterocycles. The molecular formula is C14H19NO3. The fourth-order valence-corrected chi connectivity index (χ4v) is 1.61. The van der Waals surface area contributed by atoms with Crippen LogP contribution in [0.2, 0.25) is 0 Å². The zero-order valence-corrected chi connectivity index (χ0v) is 10.9. The van der Waals surface area contributed by atoms with Crippen LogP contribution in [0.3, 0.4) is 0 Å². The van der Waals surface area contributed by atoms with Crippen molar-refractivity contribution in [3.63, 3.8) is 0 Å². The summed E-state index contributed by atoms with van der Waals surface area (Å²) in [6, 6.07) is 6.37. The number of benzene rings is 1. The summed E-state index contributed by atoms with van der Waals surface area (Å²) in [6.07, 6.45) is 0.966. The maximum atomic E-state index is 11.7. The highest BCUT2D eigenvalue weighted by molar-refractivity contribution is 5.96. The quantitative estimate of drug-likeness (QED) is 0.839. The van der Waals surface area contributed by atoms with E-state index in [0.717, 1.165) is 6.42 Å². The summed E-state index contributed by atoms with van der Waals surface area (Å²) in [7, 11) is 0. The minimum atomic E-state index is -1.04. The molecule has 0 fully saturated rings. The van der Waals surface area contributed by atoms with E-state index in [9.17, 15) is 9.59 Å². The average Bonchev–Trinajstić information content (AvgIpc) is 2.28. The zero-order chi connectivity index (χ0) is 13.7. The van der Waals surface area contributed by atoms with Crippen LogP contribution in [-0.2, 0) is 11.2 Å². The molecule has 1 amide bonds. The van der Waals surface area contributed by atoms with E-state index < -0.39 is 12.0 Å². The summed E-state index contributed by atoms with van der Waals surface area (Å²) < 4.78 is 0. The van der Waals surface area contributed by atoms with Gasteiger partial charge in [0, 0.05) is 5.56 Å². The second-order valence-electron chi connectivity index (χ2n) is 4.83. The van der Waals surface area contributed by atoms with E-state index in [0.29, 0.717) is 11.5 Å².